The second kappa shape index (κ2) is 10.8. The van der Waals surface area contributed by atoms with Gasteiger partial charge in [0.1, 0.15) is 12.4 Å². The zero-order chi connectivity index (χ0) is 20.5. The summed E-state index contributed by atoms with van der Waals surface area (Å²) in [5.74, 6) is 1.86. The lowest BCUT2D eigenvalue weighted by Gasteiger charge is -2.21. The number of nitrogens with one attached hydrogen (secondary N) is 1. The lowest BCUT2D eigenvalue weighted by atomic mass is 10.1. The molecule has 0 amide bonds. The van der Waals surface area contributed by atoms with Gasteiger partial charge in [0.05, 0.1) is 17.2 Å². The highest BCUT2D eigenvalue weighted by molar-refractivity contribution is 7.09. The van der Waals surface area contributed by atoms with E-state index in [1.54, 1.807) is 11.3 Å². The third-order valence-electron chi connectivity index (χ3n) is 4.64. The molecule has 0 fully saturated rings. The van der Waals surface area contributed by atoms with E-state index in [9.17, 15) is 0 Å². The summed E-state index contributed by atoms with van der Waals surface area (Å²) in [6, 6.07) is 10.6. The summed E-state index contributed by atoms with van der Waals surface area (Å²) in [6.07, 6.45) is 6.06. The predicted octanol–water partition coefficient (Wildman–Crippen LogP) is 3.88. The molecule has 0 aliphatic rings. The van der Waals surface area contributed by atoms with Gasteiger partial charge in [-0.25, -0.2) is 15.0 Å². The molecule has 154 valence electrons. The van der Waals surface area contributed by atoms with E-state index in [-0.39, 0.29) is 0 Å². The van der Waals surface area contributed by atoms with Crippen molar-refractivity contribution in [2.75, 3.05) is 13.6 Å². The summed E-state index contributed by atoms with van der Waals surface area (Å²) in [6.45, 7) is 7.18. The SMILES string of the molecule is CCNC(=NCc1nccn1CCCc1ccccc1)N(C)Cc1csc(C)n1. The highest BCUT2D eigenvalue weighted by atomic mass is 32.1. The van der Waals surface area contributed by atoms with Crippen LogP contribution in [0.5, 0.6) is 0 Å². The van der Waals surface area contributed by atoms with Crippen LogP contribution in [-0.2, 0) is 26.1 Å². The van der Waals surface area contributed by atoms with E-state index in [4.69, 9.17) is 4.99 Å². The molecule has 7 heteroatoms. The van der Waals surface area contributed by atoms with Crippen LogP contribution in [0, 0.1) is 6.92 Å². The van der Waals surface area contributed by atoms with Crippen molar-refractivity contribution in [2.24, 2.45) is 4.99 Å². The van der Waals surface area contributed by atoms with E-state index in [2.05, 4.69) is 67.4 Å². The van der Waals surface area contributed by atoms with Crippen LogP contribution in [0.15, 0.2) is 53.1 Å². The Morgan fingerprint density at radius 2 is 2.10 bits per heavy atom. The topological polar surface area (TPSA) is 58.3 Å². The first kappa shape index (κ1) is 21.0. The van der Waals surface area contributed by atoms with Crippen molar-refractivity contribution in [3.8, 4) is 0 Å². The molecular weight excluding hydrogens is 380 g/mol. The number of guanidine groups is 1. The van der Waals surface area contributed by atoms with E-state index in [0.717, 1.165) is 55.0 Å². The monoisotopic (exact) mass is 410 g/mol. The molecule has 1 aromatic carbocycles. The van der Waals surface area contributed by atoms with Gasteiger partial charge in [0.15, 0.2) is 5.96 Å². The number of hydrogen-bond acceptors (Lipinski definition) is 4. The van der Waals surface area contributed by atoms with Gasteiger partial charge in [0.25, 0.3) is 0 Å². The van der Waals surface area contributed by atoms with Crippen LogP contribution in [0.3, 0.4) is 0 Å². The number of hydrogen-bond donors (Lipinski definition) is 1. The molecule has 0 saturated heterocycles. The van der Waals surface area contributed by atoms with Gasteiger partial charge in [0, 0.05) is 37.9 Å². The Morgan fingerprint density at radius 3 is 2.83 bits per heavy atom. The molecular formula is C22H30N6S. The van der Waals surface area contributed by atoms with Crippen LogP contribution in [0.1, 0.15) is 35.4 Å². The summed E-state index contributed by atoms with van der Waals surface area (Å²) in [4.78, 5) is 16.0. The smallest absolute Gasteiger partial charge is 0.194 e. The number of benzene rings is 1. The molecule has 3 aromatic rings. The van der Waals surface area contributed by atoms with Gasteiger partial charge in [-0.3, -0.25) is 0 Å². The first-order valence-electron chi connectivity index (χ1n) is 10.1. The Balaban J connectivity index is 1.58. The van der Waals surface area contributed by atoms with Gasteiger partial charge in [-0.2, -0.15) is 0 Å². The number of aromatic nitrogens is 3. The molecule has 0 bridgehead atoms. The van der Waals surface area contributed by atoms with Gasteiger partial charge >= 0.3 is 0 Å². The zero-order valence-corrected chi connectivity index (χ0v) is 18.3. The second-order valence-corrected chi connectivity index (χ2v) is 8.07. The van der Waals surface area contributed by atoms with Gasteiger partial charge in [-0.1, -0.05) is 30.3 Å². The second-order valence-electron chi connectivity index (χ2n) is 7.01. The molecule has 0 aliphatic heterocycles. The van der Waals surface area contributed by atoms with Gasteiger partial charge in [0.2, 0.25) is 0 Å². The maximum atomic E-state index is 4.81. The summed E-state index contributed by atoms with van der Waals surface area (Å²) in [5, 5.41) is 6.57. The van der Waals surface area contributed by atoms with Gasteiger partial charge < -0.3 is 14.8 Å². The molecule has 0 atom stereocenters. The fraction of sp³-hybridized carbons (Fsp3) is 0.409. The molecule has 2 aromatic heterocycles. The number of aryl methyl sites for hydroxylation is 3. The quantitative estimate of drug-likeness (QED) is 0.430. The van der Waals surface area contributed by atoms with E-state index in [1.165, 1.54) is 5.56 Å². The number of rotatable bonds is 9. The summed E-state index contributed by atoms with van der Waals surface area (Å²) >= 11 is 1.68. The fourth-order valence-electron chi connectivity index (χ4n) is 3.21. The Labute approximate surface area is 177 Å². The average Bonchev–Trinajstić information content (AvgIpc) is 3.34. The van der Waals surface area contributed by atoms with E-state index < -0.39 is 0 Å². The molecule has 0 unspecified atom stereocenters. The first-order valence-corrected chi connectivity index (χ1v) is 11.0. The van der Waals surface area contributed by atoms with Crippen molar-refractivity contribution in [2.45, 2.75) is 46.3 Å². The lowest BCUT2D eigenvalue weighted by Crippen LogP contribution is -2.38. The molecule has 6 nitrogen and oxygen atoms in total. The average molecular weight is 411 g/mol. The highest BCUT2D eigenvalue weighted by Gasteiger charge is 2.10. The maximum absolute atomic E-state index is 4.81. The van der Waals surface area contributed by atoms with Crippen molar-refractivity contribution >= 4 is 17.3 Å². The van der Waals surface area contributed by atoms with Crippen LogP contribution >= 0.6 is 11.3 Å². The standard InChI is InChI=1S/C22H30N6S/c1-4-23-22(27(3)16-20-17-29-18(2)26-20)25-15-21-24-12-14-28(21)13-8-11-19-9-6-5-7-10-19/h5-7,9-10,12,14,17H,4,8,11,13,15-16H2,1-3H3,(H,23,25). The fourth-order valence-corrected chi connectivity index (χ4v) is 3.81. The summed E-state index contributed by atoms with van der Waals surface area (Å²) in [5.41, 5.74) is 2.45. The number of imidazole rings is 1. The minimum atomic E-state index is 0.557. The minimum absolute atomic E-state index is 0.557. The van der Waals surface area contributed by atoms with Crippen LogP contribution in [0.4, 0.5) is 0 Å². The Kier molecular flexibility index (Phi) is 7.81. The summed E-state index contributed by atoms with van der Waals surface area (Å²) < 4.78 is 2.21. The summed E-state index contributed by atoms with van der Waals surface area (Å²) in [7, 11) is 2.04. The Morgan fingerprint density at radius 1 is 1.28 bits per heavy atom. The normalized spacial score (nSPS) is 11.6. The van der Waals surface area contributed by atoms with Crippen molar-refractivity contribution in [3.05, 3.63) is 70.2 Å². The minimum Gasteiger partial charge on any atom is -0.357 e. The zero-order valence-electron chi connectivity index (χ0n) is 17.5. The number of thiazole rings is 1. The molecule has 0 spiro atoms. The van der Waals surface area contributed by atoms with Crippen molar-refractivity contribution in [1.29, 1.82) is 0 Å². The third kappa shape index (κ3) is 6.42. The molecule has 2 heterocycles. The molecule has 3 rings (SSSR count). The van der Waals surface area contributed by atoms with Crippen LogP contribution in [-0.4, -0.2) is 39.0 Å². The van der Waals surface area contributed by atoms with Crippen LogP contribution in [0.2, 0.25) is 0 Å². The Bertz CT molecular complexity index is 899. The van der Waals surface area contributed by atoms with Crippen LogP contribution in [0.25, 0.3) is 0 Å². The molecule has 0 radical (unpaired) electrons. The first-order chi connectivity index (χ1) is 14.2. The largest absolute Gasteiger partial charge is 0.357 e. The lowest BCUT2D eigenvalue weighted by molar-refractivity contribution is 0.469. The Hall–Kier alpha value is -2.67. The van der Waals surface area contributed by atoms with Gasteiger partial charge in [-0.15, -0.1) is 11.3 Å². The molecule has 29 heavy (non-hydrogen) atoms. The molecule has 0 aliphatic carbocycles. The number of aliphatic imine (C=N–C) groups is 1. The van der Waals surface area contributed by atoms with E-state index in [1.807, 2.05) is 26.4 Å². The predicted molar refractivity (Wildman–Crippen MR) is 120 cm³/mol. The van der Waals surface area contributed by atoms with Gasteiger partial charge in [-0.05, 0) is 32.3 Å². The van der Waals surface area contributed by atoms with E-state index >= 15 is 0 Å². The van der Waals surface area contributed by atoms with Crippen molar-refractivity contribution < 1.29 is 0 Å². The highest BCUT2D eigenvalue weighted by Crippen LogP contribution is 2.10. The number of nitrogens with zero attached hydrogens (tertiary/aromatic N) is 5. The molecule has 0 saturated carbocycles. The maximum Gasteiger partial charge on any atom is 0.194 e. The van der Waals surface area contributed by atoms with Crippen LogP contribution < -0.4 is 5.32 Å². The van der Waals surface area contributed by atoms with Crippen molar-refractivity contribution in [3.63, 3.8) is 0 Å². The third-order valence-corrected chi connectivity index (χ3v) is 5.46. The van der Waals surface area contributed by atoms with Crippen molar-refractivity contribution in [1.82, 2.24) is 24.8 Å². The van der Waals surface area contributed by atoms with E-state index in [0.29, 0.717) is 6.54 Å². The molecule has 1 N–H and O–H groups in total.